The molecular weight excluding hydrogens is 535 g/mol. The first-order valence-electron chi connectivity index (χ1n) is 14.0. The summed E-state index contributed by atoms with van der Waals surface area (Å²) in [6.07, 6.45) is 1.77. The van der Waals surface area contributed by atoms with E-state index in [4.69, 9.17) is 9.47 Å². The molecule has 0 spiro atoms. The number of benzene rings is 1. The molecule has 0 saturated carbocycles. The largest absolute Gasteiger partial charge is 0.480 e. The summed E-state index contributed by atoms with van der Waals surface area (Å²) in [4.78, 5) is 55.4. The number of ether oxygens (including phenoxy) is 2. The smallest absolute Gasteiger partial charge is 0.412 e. The Balaban J connectivity index is 1.74. The van der Waals surface area contributed by atoms with Crippen LogP contribution in [0.5, 0.6) is 0 Å². The van der Waals surface area contributed by atoms with E-state index in [1.807, 2.05) is 6.92 Å². The highest BCUT2D eigenvalue weighted by atomic mass is 19.1. The summed E-state index contributed by atoms with van der Waals surface area (Å²) in [5, 5.41) is 15.7. The molecule has 0 aliphatic carbocycles. The maximum Gasteiger partial charge on any atom is 0.412 e. The molecule has 1 aliphatic heterocycles. The van der Waals surface area contributed by atoms with Crippen molar-refractivity contribution in [2.45, 2.75) is 90.6 Å². The second-order valence-corrected chi connectivity index (χ2v) is 11.4. The number of aromatic nitrogens is 1. The minimum absolute atomic E-state index is 0.0417. The number of H-pyrrole nitrogens is 1. The van der Waals surface area contributed by atoms with Crippen molar-refractivity contribution in [3.63, 3.8) is 0 Å². The quantitative estimate of drug-likeness (QED) is 0.318. The SMILES string of the molecule is CC[C@H](C)[C@H](NC(=O)[C@H](Cc1c[nH]c2cc(F)ccc12)NC(=O)CCC1OCCCN1C(=O)OC(C)(C)C)C(=O)O. The van der Waals surface area contributed by atoms with Crippen LogP contribution in [0.3, 0.4) is 0 Å². The molecule has 41 heavy (non-hydrogen) atoms. The summed E-state index contributed by atoms with van der Waals surface area (Å²) in [5.74, 6) is -3.04. The number of nitrogens with one attached hydrogen (secondary N) is 3. The molecule has 11 nitrogen and oxygen atoms in total. The topological polar surface area (TPSA) is 150 Å². The number of rotatable bonds is 11. The second-order valence-electron chi connectivity index (χ2n) is 11.4. The molecule has 2 heterocycles. The maximum absolute atomic E-state index is 13.7. The number of nitrogens with zero attached hydrogens (tertiary/aromatic N) is 1. The van der Waals surface area contributed by atoms with E-state index < -0.39 is 53.6 Å². The predicted octanol–water partition coefficient (Wildman–Crippen LogP) is 3.71. The Morgan fingerprint density at radius 1 is 1.24 bits per heavy atom. The fraction of sp³-hybridized carbons (Fsp3) is 0.586. The molecule has 3 rings (SSSR count). The summed E-state index contributed by atoms with van der Waals surface area (Å²) in [5.41, 5.74) is 0.502. The van der Waals surface area contributed by atoms with Gasteiger partial charge in [0.25, 0.3) is 0 Å². The Labute approximate surface area is 239 Å². The van der Waals surface area contributed by atoms with E-state index in [0.717, 1.165) is 0 Å². The normalized spacial score (nSPS) is 17.9. The number of halogens is 1. The van der Waals surface area contributed by atoms with E-state index >= 15 is 0 Å². The first kappa shape index (κ1) is 31.9. The monoisotopic (exact) mass is 576 g/mol. The van der Waals surface area contributed by atoms with Crippen molar-refractivity contribution in [1.82, 2.24) is 20.5 Å². The molecule has 3 amide bonds. The number of fused-ring (bicyclic) bond motifs is 1. The van der Waals surface area contributed by atoms with Crippen LogP contribution in [0.25, 0.3) is 10.9 Å². The van der Waals surface area contributed by atoms with Gasteiger partial charge in [-0.2, -0.15) is 0 Å². The van der Waals surface area contributed by atoms with Gasteiger partial charge in [0.05, 0.1) is 6.61 Å². The number of hydrogen-bond acceptors (Lipinski definition) is 6. The first-order chi connectivity index (χ1) is 19.3. The Bertz CT molecular complexity index is 1240. The number of carbonyl (C=O) groups is 4. The average Bonchev–Trinajstić information content (AvgIpc) is 3.30. The molecule has 226 valence electrons. The third-order valence-electron chi connectivity index (χ3n) is 7.03. The van der Waals surface area contributed by atoms with Gasteiger partial charge in [0.2, 0.25) is 11.8 Å². The molecule has 1 fully saturated rings. The summed E-state index contributed by atoms with van der Waals surface area (Å²) in [6.45, 7) is 9.72. The highest BCUT2D eigenvalue weighted by molar-refractivity contribution is 5.92. The zero-order valence-electron chi connectivity index (χ0n) is 24.3. The van der Waals surface area contributed by atoms with Crippen molar-refractivity contribution in [2.24, 2.45) is 5.92 Å². The summed E-state index contributed by atoms with van der Waals surface area (Å²) in [7, 11) is 0. The van der Waals surface area contributed by atoms with E-state index in [1.54, 1.807) is 40.0 Å². The molecule has 0 radical (unpaired) electrons. The van der Waals surface area contributed by atoms with Gasteiger partial charge < -0.3 is 30.2 Å². The molecule has 12 heteroatoms. The molecule has 1 aliphatic rings. The van der Waals surface area contributed by atoms with Gasteiger partial charge in [-0.3, -0.25) is 14.5 Å². The summed E-state index contributed by atoms with van der Waals surface area (Å²) >= 11 is 0. The number of aliphatic carboxylic acids is 1. The van der Waals surface area contributed by atoms with Crippen LogP contribution in [0.15, 0.2) is 24.4 Å². The Morgan fingerprint density at radius 3 is 2.63 bits per heavy atom. The molecule has 4 N–H and O–H groups in total. The van der Waals surface area contributed by atoms with Crippen molar-refractivity contribution < 1.29 is 38.1 Å². The lowest BCUT2D eigenvalue weighted by molar-refractivity contribution is -0.143. The Kier molecular flexibility index (Phi) is 10.7. The molecule has 1 unspecified atom stereocenters. The minimum atomic E-state index is -1.17. The standard InChI is InChI=1S/C29H41FN4O7/c1-6-17(2)25(27(37)38)33-26(36)22(14-18-16-31-21-15-19(30)8-9-20(18)21)32-23(35)10-11-24-34(12-7-13-40-24)28(39)41-29(3,4)5/h8-9,15-17,22,24-25,31H,6-7,10-14H2,1-5H3,(H,32,35)(H,33,36)(H,37,38)/t17-,22-,24?,25-/m0/s1. The second kappa shape index (κ2) is 13.8. The van der Waals surface area contributed by atoms with Gasteiger partial charge in [-0.05, 0) is 56.9 Å². The molecular formula is C29H41FN4O7. The van der Waals surface area contributed by atoms with Crippen molar-refractivity contribution >= 4 is 34.8 Å². The lowest BCUT2D eigenvalue weighted by atomic mass is 9.98. The van der Waals surface area contributed by atoms with Crippen LogP contribution in [0.2, 0.25) is 0 Å². The van der Waals surface area contributed by atoms with Crippen LogP contribution in [-0.2, 0) is 30.3 Å². The van der Waals surface area contributed by atoms with Gasteiger partial charge in [0.15, 0.2) is 0 Å². The molecule has 0 bridgehead atoms. The number of hydrogen-bond donors (Lipinski definition) is 4. The van der Waals surface area contributed by atoms with Crippen LogP contribution >= 0.6 is 0 Å². The molecule has 2 aromatic rings. The van der Waals surface area contributed by atoms with Crippen molar-refractivity contribution in [3.05, 3.63) is 35.8 Å². The van der Waals surface area contributed by atoms with Crippen LogP contribution in [0, 0.1) is 11.7 Å². The number of carboxylic acids is 1. The van der Waals surface area contributed by atoms with Crippen molar-refractivity contribution in [1.29, 1.82) is 0 Å². The van der Waals surface area contributed by atoms with Gasteiger partial charge in [-0.15, -0.1) is 0 Å². The van der Waals surface area contributed by atoms with Crippen LogP contribution in [0.1, 0.15) is 65.9 Å². The maximum atomic E-state index is 13.7. The molecule has 1 aromatic carbocycles. The van der Waals surface area contributed by atoms with Crippen LogP contribution < -0.4 is 10.6 Å². The van der Waals surface area contributed by atoms with Gasteiger partial charge in [-0.1, -0.05) is 20.3 Å². The van der Waals surface area contributed by atoms with Gasteiger partial charge in [0.1, 0.15) is 29.7 Å². The zero-order valence-corrected chi connectivity index (χ0v) is 24.3. The van der Waals surface area contributed by atoms with E-state index in [2.05, 4.69) is 15.6 Å². The van der Waals surface area contributed by atoms with E-state index in [-0.39, 0.29) is 25.2 Å². The molecule has 1 aromatic heterocycles. The number of aromatic amines is 1. The summed E-state index contributed by atoms with van der Waals surface area (Å²) in [6, 6.07) is 1.97. The van der Waals surface area contributed by atoms with Gasteiger partial charge in [0, 0.05) is 42.9 Å². The fourth-order valence-corrected chi connectivity index (χ4v) is 4.67. The van der Waals surface area contributed by atoms with E-state index in [9.17, 15) is 28.7 Å². The minimum Gasteiger partial charge on any atom is -0.480 e. The van der Waals surface area contributed by atoms with Gasteiger partial charge in [-0.25, -0.2) is 14.0 Å². The van der Waals surface area contributed by atoms with Crippen LogP contribution in [-0.4, -0.2) is 75.9 Å². The number of carbonyl (C=O) groups excluding carboxylic acids is 3. The highest BCUT2D eigenvalue weighted by Crippen LogP contribution is 2.22. The van der Waals surface area contributed by atoms with Gasteiger partial charge >= 0.3 is 12.1 Å². The fourth-order valence-electron chi connectivity index (χ4n) is 4.67. The first-order valence-corrected chi connectivity index (χ1v) is 14.0. The highest BCUT2D eigenvalue weighted by Gasteiger charge is 2.33. The predicted molar refractivity (Wildman–Crippen MR) is 149 cm³/mol. The van der Waals surface area contributed by atoms with E-state index in [1.165, 1.54) is 17.0 Å². The summed E-state index contributed by atoms with van der Waals surface area (Å²) < 4.78 is 24.9. The third-order valence-corrected chi connectivity index (χ3v) is 7.03. The Morgan fingerprint density at radius 2 is 1.98 bits per heavy atom. The number of carboxylic acid groups (broad SMARTS) is 1. The lowest BCUT2D eigenvalue weighted by Gasteiger charge is -2.36. The lowest BCUT2D eigenvalue weighted by Crippen LogP contribution is -2.54. The number of amides is 3. The van der Waals surface area contributed by atoms with Crippen molar-refractivity contribution in [3.8, 4) is 0 Å². The molecule has 1 saturated heterocycles. The molecule has 4 atom stereocenters. The average molecular weight is 577 g/mol. The third kappa shape index (κ3) is 8.91. The Hall–Kier alpha value is -3.67. The van der Waals surface area contributed by atoms with Crippen LogP contribution in [0.4, 0.5) is 9.18 Å². The van der Waals surface area contributed by atoms with E-state index in [0.29, 0.717) is 42.5 Å². The van der Waals surface area contributed by atoms with Crippen molar-refractivity contribution in [2.75, 3.05) is 13.2 Å². The zero-order chi connectivity index (χ0) is 30.3.